The molecule has 23 heteroatoms. The number of benzene rings is 3. The first-order valence-electron chi connectivity index (χ1n) is 34.5. The first-order valence-corrected chi connectivity index (χ1v) is 34.5. The van der Waals surface area contributed by atoms with Crippen LogP contribution < -0.4 is 16.9 Å². The summed E-state index contributed by atoms with van der Waals surface area (Å²) in [6.45, 7) is 8.66. The van der Waals surface area contributed by atoms with Crippen LogP contribution >= 0.6 is 0 Å². The van der Waals surface area contributed by atoms with E-state index in [1.54, 1.807) is 31.8 Å². The van der Waals surface area contributed by atoms with Crippen molar-refractivity contribution >= 4 is 29.5 Å². The van der Waals surface area contributed by atoms with Crippen molar-refractivity contribution in [3.8, 4) is 67.9 Å². The van der Waals surface area contributed by atoms with Crippen LogP contribution in [0.25, 0.3) is 84.9 Å². The Kier molecular flexibility index (Phi) is 17.6. The Bertz CT molecular complexity index is 5530. The molecule has 22 nitrogen and oxygen atoms in total. The molecule has 502 valence electrons. The van der Waals surface area contributed by atoms with E-state index in [4.69, 9.17) is 46.0 Å². The van der Waals surface area contributed by atoms with Crippen LogP contribution in [-0.2, 0) is 56.0 Å². The van der Waals surface area contributed by atoms with Crippen LogP contribution in [0.5, 0.6) is 0 Å². The first-order chi connectivity index (χ1) is 49.4. The van der Waals surface area contributed by atoms with E-state index in [0.717, 1.165) is 181 Å². The Morgan fingerprint density at radius 2 is 0.970 bits per heavy atom. The zero-order valence-electron chi connectivity index (χ0n) is 56.6. The van der Waals surface area contributed by atoms with Crippen molar-refractivity contribution in [2.45, 2.75) is 110 Å². The molecule has 0 spiro atoms. The third-order valence-electron chi connectivity index (χ3n) is 19.5. The molecule has 15 aromatic rings. The molecule has 0 saturated heterocycles. The van der Waals surface area contributed by atoms with Crippen molar-refractivity contribution in [3.05, 3.63) is 262 Å². The maximum absolute atomic E-state index is 10.1. The number of rotatable bonds is 16. The lowest BCUT2D eigenvalue weighted by molar-refractivity contribution is 0.198. The largest absolute Gasteiger partial charge is 0.492 e. The van der Waals surface area contributed by atoms with Crippen LogP contribution in [0.2, 0.25) is 0 Å². The summed E-state index contributed by atoms with van der Waals surface area (Å²) in [5, 5.41) is 22.9. The average molecular weight is 1340 g/mol. The molecule has 1 aliphatic heterocycles. The van der Waals surface area contributed by atoms with E-state index < -0.39 is 7.12 Å². The molecule has 3 unspecified atom stereocenters. The molecule has 2 aliphatic carbocycles. The Labute approximate surface area is 583 Å². The minimum Gasteiger partial charge on any atom is -0.423 e. The van der Waals surface area contributed by atoms with E-state index in [9.17, 15) is 5.02 Å². The molecule has 12 aromatic heterocycles. The molecule has 13 heterocycles. The fraction of sp³-hybridized carbons (Fsp3) is 0.231. The summed E-state index contributed by atoms with van der Waals surface area (Å²) in [5.41, 5.74) is 39.6. The van der Waals surface area contributed by atoms with E-state index in [1.165, 1.54) is 47.0 Å². The highest BCUT2D eigenvalue weighted by atomic mass is 16.5. The summed E-state index contributed by atoms with van der Waals surface area (Å²) >= 11 is 0. The number of imidazole rings is 3. The number of aromatic nitrogens is 18. The predicted molar refractivity (Wildman–Crippen MR) is 390 cm³/mol. The molecule has 3 aliphatic rings. The van der Waals surface area contributed by atoms with Crippen LogP contribution in [0.4, 0.5) is 0 Å². The number of nitrogens with one attached hydrogen (secondary N) is 3. The van der Waals surface area contributed by atoms with Crippen LogP contribution in [0.3, 0.4) is 0 Å². The molecule has 101 heavy (non-hydrogen) atoms. The molecular weight excluding hydrogens is 1260 g/mol. The van der Waals surface area contributed by atoms with Crippen molar-refractivity contribution in [1.29, 1.82) is 0 Å². The second-order valence-corrected chi connectivity index (χ2v) is 26.4. The second kappa shape index (κ2) is 27.7. The van der Waals surface area contributed by atoms with Gasteiger partial charge in [-0.05, 0) is 194 Å². The van der Waals surface area contributed by atoms with Gasteiger partial charge in [-0.15, -0.1) is 0 Å². The summed E-state index contributed by atoms with van der Waals surface area (Å²) in [4.78, 5) is 52.6. The Balaban J connectivity index is 0.000000118. The van der Waals surface area contributed by atoms with Crippen LogP contribution in [-0.4, -0.2) is 107 Å². The van der Waals surface area contributed by atoms with E-state index in [2.05, 4.69) is 101 Å². The number of aromatic amines is 3. The van der Waals surface area contributed by atoms with Gasteiger partial charge in [-0.3, -0.25) is 15.0 Å². The van der Waals surface area contributed by atoms with Crippen molar-refractivity contribution in [2.75, 3.05) is 6.54 Å². The predicted octanol–water partition coefficient (Wildman–Crippen LogP) is 11.5. The van der Waals surface area contributed by atoms with Gasteiger partial charge < -0.3 is 36.1 Å². The average Bonchev–Trinajstić information content (AvgIpc) is 1.70. The van der Waals surface area contributed by atoms with Crippen molar-refractivity contribution in [2.24, 2.45) is 11.5 Å². The molecule has 0 fully saturated rings. The third-order valence-corrected chi connectivity index (χ3v) is 19.5. The third kappa shape index (κ3) is 13.4. The van der Waals surface area contributed by atoms with Gasteiger partial charge >= 0.3 is 7.12 Å². The van der Waals surface area contributed by atoms with Crippen LogP contribution in [0.15, 0.2) is 183 Å². The lowest BCUT2D eigenvalue weighted by Crippen LogP contribution is -2.28. The van der Waals surface area contributed by atoms with Crippen LogP contribution in [0.1, 0.15) is 117 Å². The number of pyridine rings is 6. The summed E-state index contributed by atoms with van der Waals surface area (Å²) < 4.78 is 10.8. The summed E-state index contributed by atoms with van der Waals surface area (Å²) in [5.74, 6) is 3.45. The number of nitrogens with two attached hydrogens (primary N) is 2. The van der Waals surface area contributed by atoms with Crippen LogP contribution in [0, 0.1) is 20.8 Å². The standard InChI is InChI=1S/C27H26N6.C26H25N7.C25H24BN7O2/c1-17-9-12-22-19(6-4-7-21(17)22)10-13-24-31-26(20-11-14-25-28-16-29-33(25)15-20)27(32-24)23-8-3-5-18(2)30-23;1-16-3-2-4-22(30-16)26-25(19-8-12-24-28-15-29-33(24)14-19)31-23(32-26)11-6-17-5-9-20-18(13-17)7-10-21(20)27;1-15-3-2-4-20(30-15)25-24(17-7-10-23-28-14-29-33(23)13-17)31-22(32-25)9-6-16-5-8-19-18(11-16)21(12-27)35-26(19)34/h3-8,11,14-17H,9-10,12-13H2,1-2H3,(H,31,32);2-5,8-9,12-15,21H,6-7,10-11,27H2,1H3,(H,31,32);2-5,7-8,10-11,13-14,21,34H,6,9,12,27H2,1H3,(H,31,32). The number of aryl methyl sites for hydroxylation is 10. The smallest absolute Gasteiger partial charge is 0.423 e. The van der Waals surface area contributed by atoms with Gasteiger partial charge in [0, 0.05) is 84.2 Å². The van der Waals surface area contributed by atoms with E-state index in [0.29, 0.717) is 18.9 Å². The topological polar surface area (TPSA) is 297 Å². The molecule has 0 radical (unpaired) electrons. The number of hydrogen-bond donors (Lipinski definition) is 6. The van der Waals surface area contributed by atoms with Gasteiger partial charge in [0.15, 0.2) is 16.9 Å². The maximum atomic E-state index is 10.1. The van der Waals surface area contributed by atoms with Gasteiger partial charge in [0.1, 0.15) is 36.5 Å². The normalized spacial score (nSPS) is 15.2. The Morgan fingerprint density at radius 3 is 1.47 bits per heavy atom. The summed E-state index contributed by atoms with van der Waals surface area (Å²) in [6.07, 6.45) is 19.9. The van der Waals surface area contributed by atoms with E-state index in [-0.39, 0.29) is 12.1 Å². The van der Waals surface area contributed by atoms with Gasteiger partial charge in [0.05, 0.1) is 57.3 Å². The maximum Gasteiger partial charge on any atom is 0.492 e. The second-order valence-electron chi connectivity index (χ2n) is 26.4. The Morgan fingerprint density at radius 1 is 0.495 bits per heavy atom. The summed E-state index contributed by atoms with van der Waals surface area (Å²) in [7, 11) is -0.910. The number of H-pyrrole nitrogens is 3. The monoisotopic (exact) mass is 1330 g/mol. The lowest BCUT2D eigenvalue weighted by Gasteiger charge is -2.10. The Hall–Kier alpha value is -11.5. The number of nitrogens with zero attached hydrogens (tertiary/aromatic N) is 15. The molecule has 8 N–H and O–H groups in total. The molecule has 0 bridgehead atoms. The highest BCUT2D eigenvalue weighted by Crippen LogP contribution is 2.38. The quantitative estimate of drug-likeness (QED) is 0.0490. The molecule has 3 aromatic carbocycles. The van der Waals surface area contributed by atoms with E-state index in [1.807, 2.05) is 136 Å². The van der Waals surface area contributed by atoms with Gasteiger partial charge in [0.25, 0.3) is 0 Å². The van der Waals surface area contributed by atoms with Gasteiger partial charge in [-0.1, -0.05) is 79.7 Å². The molecule has 18 rings (SSSR count). The molecule has 3 atom stereocenters. The zero-order valence-corrected chi connectivity index (χ0v) is 56.6. The van der Waals surface area contributed by atoms with Gasteiger partial charge in [0.2, 0.25) is 0 Å². The van der Waals surface area contributed by atoms with Gasteiger partial charge in [-0.25, -0.2) is 43.5 Å². The van der Waals surface area contributed by atoms with Crippen molar-refractivity contribution in [1.82, 2.24) is 88.6 Å². The fourth-order valence-electron chi connectivity index (χ4n) is 14.3. The number of fused-ring (bicyclic) bond motifs is 6. The molecule has 0 saturated carbocycles. The first kappa shape index (κ1) is 64.2. The zero-order chi connectivity index (χ0) is 68.7. The molecular formula is C78H75BN20O2. The van der Waals surface area contributed by atoms with Crippen molar-refractivity contribution < 1.29 is 9.68 Å². The fourth-order valence-corrected chi connectivity index (χ4v) is 14.3. The van der Waals surface area contributed by atoms with Crippen molar-refractivity contribution in [3.63, 3.8) is 0 Å². The molecule has 0 amide bonds. The minimum absolute atomic E-state index is 0.188. The highest BCUT2D eigenvalue weighted by molar-refractivity contribution is 6.61. The van der Waals surface area contributed by atoms with Gasteiger partial charge in [-0.2, -0.15) is 15.3 Å². The minimum atomic E-state index is -0.910. The SMILES string of the molecule is Cc1cccc(-c2[nH]c(CCc3ccc4c(c3)C(CN)OB4O)nc2-c2ccc3ncnn3c2)n1.Cc1cccc(-c2[nH]c(CCc3ccc4c(c3)CCC4N)nc2-c2ccc3ncnn3c2)n1.Cc1cccc(-c2[nH]c(CCc3cccc4c3CCC4C)nc2-c2ccc3ncnn3c2)n1. The van der Waals surface area contributed by atoms with E-state index >= 15 is 0 Å². The summed E-state index contributed by atoms with van der Waals surface area (Å²) in [6, 6.07) is 49.8. The number of hydrogen-bond acceptors (Lipinski definition) is 16. The lowest BCUT2D eigenvalue weighted by atomic mass is 9.78. The highest BCUT2D eigenvalue weighted by Gasteiger charge is 2.34.